The van der Waals surface area contributed by atoms with Gasteiger partial charge in [-0.3, -0.25) is 4.98 Å². The van der Waals surface area contributed by atoms with Crippen LogP contribution in [0.2, 0.25) is 0 Å². The number of rotatable bonds is 2. The average Bonchev–Trinajstić information content (AvgIpc) is 3.05. The van der Waals surface area contributed by atoms with Crippen LogP contribution in [0.25, 0.3) is 5.57 Å². The van der Waals surface area contributed by atoms with Gasteiger partial charge in [0.25, 0.3) is 0 Å². The monoisotopic (exact) mass is 367 g/mol. The van der Waals surface area contributed by atoms with E-state index in [1.54, 1.807) is 13.3 Å². The Balaban J connectivity index is 1.45. The van der Waals surface area contributed by atoms with E-state index < -0.39 is 0 Å². The van der Waals surface area contributed by atoms with Crippen LogP contribution in [-0.2, 0) is 4.74 Å². The lowest BCUT2D eigenvalue weighted by molar-refractivity contribution is -0.168. The standard InChI is InChI=1S/C24H33NO2/c1-23-11-9-21-18(5-8-22-24(21,2)10-4-12-27-22)20(23)7-6-19(23)16-13-17(26-3)15-25-14-16/h6,13-15,18,20-22H,4-5,7-12H2,1-3H3/t18-,20-,21-,22+,23+,24+/m0/s1. The fourth-order valence-corrected chi connectivity index (χ4v) is 7.41. The van der Waals surface area contributed by atoms with Gasteiger partial charge in [-0.25, -0.2) is 0 Å². The summed E-state index contributed by atoms with van der Waals surface area (Å²) in [7, 11) is 1.73. The SMILES string of the molecule is COc1cncc(C2=CC[C@H]3[C@@H]4CC[C@H]5OCCC[C@]5(C)[C@H]4CC[C@]23C)c1. The topological polar surface area (TPSA) is 31.4 Å². The maximum atomic E-state index is 6.25. The molecule has 27 heavy (non-hydrogen) atoms. The highest BCUT2D eigenvalue weighted by atomic mass is 16.5. The first-order chi connectivity index (χ1) is 13.1. The molecule has 6 atom stereocenters. The van der Waals surface area contributed by atoms with E-state index in [0.29, 0.717) is 11.5 Å². The number of hydrogen-bond donors (Lipinski definition) is 0. The van der Waals surface area contributed by atoms with Crippen LogP contribution >= 0.6 is 0 Å². The fourth-order valence-electron chi connectivity index (χ4n) is 7.41. The third-order valence-electron chi connectivity index (χ3n) is 8.80. The van der Waals surface area contributed by atoms with E-state index in [2.05, 4.69) is 31.0 Å². The molecule has 1 aromatic rings. The maximum absolute atomic E-state index is 6.25. The van der Waals surface area contributed by atoms with Crippen LogP contribution in [0.15, 0.2) is 24.5 Å². The molecule has 2 saturated carbocycles. The minimum Gasteiger partial charge on any atom is -0.495 e. The van der Waals surface area contributed by atoms with Crippen LogP contribution in [0.1, 0.15) is 64.4 Å². The second-order valence-corrected chi connectivity index (χ2v) is 9.85. The Hall–Kier alpha value is -1.35. The Bertz CT molecular complexity index is 759. The number of methoxy groups -OCH3 is 1. The Morgan fingerprint density at radius 3 is 2.85 bits per heavy atom. The fraction of sp³-hybridized carbons (Fsp3) is 0.708. The van der Waals surface area contributed by atoms with Crippen molar-refractivity contribution in [3.8, 4) is 5.75 Å². The lowest BCUT2D eigenvalue weighted by atomic mass is 9.47. The van der Waals surface area contributed by atoms with Gasteiger partial charge in [-0.15, -0.1) is 0 Å². The molecule has 0 unspecified atom stereocenters. The van der Waals surface area contributed by atoms with Gasteiger partial charge in [0, 0.05) is 12.8 Å². The van der Waals surface area contributed by atoms with E-state index in [1.165, 1.54) is 56.1 Å². The van der Waals surface area contributed by atoms with Gasteiger partial charge in [0.2, 0.25) is 0 Å². The van der Waals surface area contributed by atoms with Crippen molar-refractivity contribution in [2.45, 2.75) is 64.9 Å². The summed E-state index contributed by atoms with van der Waals surface area (Å²) < 4.78 is 11.7. The highest BCUT2D eigenvalue weighted by molar-refractivity contribution is 5.73. The van der Waals surface area contributed by atoms with Gasteiger partial charge < -0.3 is 9.47 Å². The van der Waals surface area contributed by atoms with Gasteiger partial charge in [0.15, 0.2) is 0 Å². The molecule has 3 aliphatic carbocycles. The van der Waals surface area contributed by atoms with Gasteiger partial charge in [-0.2, -0.15) is 0 Å². The molecule has 3 nitrogen and oxygen atoms in total. The molecular weight excluding hydrogens is 334 g/mol. The van der Waals surface area contributed by atoms with Crippen molar-refractivity contribution in [2.24, 2.45) is 28.6 Å². The minimum atomic E-state index is 0.286. The average molecular weight is 368 g/mol. The predicted octanol–water partition coefficient (Wildman–Crippen LogP) is 5.51. The van der Waals surface area contributed by atoms with E-state index in [9.17, 15) is 0 Å². The number of nitrogens with zero attached hydrogens (tertiary/aromatic N) is 1. The molecule has 4 aliphatic rings. The lowest BCUT2D eigenvalue weighted by Gasteiger charge is -2.59. The van der Waals surface area contributed by atoms with Crippen molar-refractivity contribution >= 4 is 5.57 Å². The number of fused-ring (bicyclic) bond motifs is 5. The second kappa shape index (κ2) is 6.34. The van der Waals surface area contributed by atoms with Crippen LogP contribution in [0.3, 0.4) is 0 Å². The predicted molar refractivity (Wildman–Crippen MR) is 108 cm³/mol. The largest absolute Gasteiger partial charge is 0.495 e. The van der Waals surface area contributed by atoms with Gasteiger partial charge >= 0.3 is 0 Å². The number of aromatic nitrogens is 1. The molecule has 2 heterocycles. The molecule has 5 rings (SSSR count). The van der Waals surface area contributed by atoms with Crippen molar-refractivity contribution in [3.63, 3.8) is 0 Å². The maximum Gasteiger partial charge on any atom is 0.137 e. The number of allylic oxidation sites excluding steroid dienone is 2. The Kier molecular flexibility index (Phi) is 4.16. The summed E-state index contributed by atoms with van der Waals surface area (Å²) in [5.74, 6) is 3.32. The highest BCUT2D eigenvalue weighted by Gasteiger charge is 2.58. The van der Waals surface area contributed by atoms with Gasteiger partial charge in [-0.05, 0) is 90.7 Å². The number of pyridine rings is 1. The van der Waals surface area contributed by atoms with Gasteiger partial charge in [0.1, 0.15) is 5.75 Å². The zero-order valence-electron chi connectivity index (χ0n) is 17.0. The Morgan fingerprint density at radius 2 is 2.00 bits per heavy atom. The van der Waals surface area contributed by atoms with Crippen LogP contribution in [-0.4, -0.2) is 24.8 Å². The number of hydrogen-bond acceptors (Lipinski definition) is 3. The number of ether oxygens (including phenoxy) is 2. The summed E-state index contributed by atoms with van der Waals surface area (Å²) in [5, 5.41) is 0. The van der Waals surface area contributed by atoms with Crippen molar-refractivity contribution in [1.82, 2.24) is 4.98 Å². The summed E-state index contributed by atoms with van der Waals surface area (Å²) in [6.45, 7) is 6.05. The van der Waals surface area contributed by atoms with E-state index in [-0.39, 0.29) is 5.41 Å². The molecule has 146 valence electrons. The summed E-state index contributed by atoms with van der Waals surface area (Å²) in [6.07, 6.45) is 16.0. The Labute approximate surface area is 163 Å². The summed E-state index contributed by atoms with van der Waals surface area (Å²) in [4.78, 5) is 4.43. The molecule has 0 spiro atoms. The van der Waals surface area contributed by atoms with E-state index in [1.807, 2.05) is 6.20 Å². The van der Waals surface area contributed by atoms with Crippen LogP contribution in [0.5, 0.6) is 5.75 Å². The second-order valence-electron chi connectivity index (χ2n) is 9.85. The van der Waals surface area contributed by atoms with E-state index in [0.717, 1.165) is 30.1 Å². The molecule has 0 bridgehead atoms. The minimum absolute atomic E-state index is 0.286. The third-order valence-corrected chi connectivity index (χ3v) is 8.80. The third kappa shape index (κ3) is 2.53. The van der Waals surface area contributed by atoms with Crippen molar-refractivity contribution in [2.75, 3.05) is 13.7 Å². The van der Waals surface area contributed by atoms with Gasteiger partial charge in [0.05, 0.1) is 19.4 Å². The zero-order valence-corrected chi connectivity index (χ0v) is 17.0. The molecule has 3 fully saturated rings. The molecule has 0 amide bonds. The molecule has 3 heteroatoms. The molecule has 1 aromatic heterocycles. The molecule has 1 aliphatic heterocycles. The van der Waals surface area contributed by atoms with E-state index >= 15 is 0 Å². The first kappa shape index (κ1) is 17.7. The van der Waals surface area contributed by atoms with Crippen LogP contribution < -0.4 is 4.74 Å². The first-order valence-corrected chi connectivity index (χ1v) is 10.9. The van der Waals surface area contributed by atoms with Crippen molar-refractivity contribution < 1.29 is 9.47 Å². The van der Waals surface area contributed by atoms with Crippen molar-refractivity contribution in [1.29, 1.82) is 0 Å². The quantitative estimate of drug-likeness (QED) is 0.691. The molecule has 0 radical (unpaired) electrons. The first-order valence-electron chi connectivity index (χ1n) is 10.9. The summed E-state index contributed by atoms with van der Waals surface area (Å²) >= 11 is 0. The van der Waals surface area contributed by atoms with Gasteiger partial charge in [-0.1, -0.05) is 19.9 Å². The molecule has 0 aromatic carbocycles. The zero-order chi connectivity index (χ0) is 18.6. The summed E-state index contributed by atoms with van der Waals surface area (Å²) in [6, 6.07) is 2.17. The van der Waals surface area contributed by atoms with Crippen LogP contribution in [0.4, 0.5) is 0 Å². The molecule has 1 saturated heterocycles. The van der Waals surface area contributed by atoms with E-state index in [4.69, 9.17) is 9.47 Å². The van der Waals surface area contributed by atoms with Crippen molar-refractivity contribution in [3.05, 3.63) is 30.1 Å². The molecular formula is C24H33NO2. The highest BCUT2D eigenvalue weighted by Crippen LogP contribution is 2.66. The molecule has 0 N–H and O–H groups in total. The normalized spacial score (nSPS) is 43.3. The Morgan fingerprint density at radius 1 is 1.11 bits per heavy atom. The summed E-state index contributed by atoms with van der Waals surface area (Å²) in [5.41, 5.74) is 3.47. The van der Waals surface area contributed by atoms with Crippen LogP contribution in [0, 0.1) is 28.6 Å². The smallest absolute Gasteiger partial charge is 0.137 e. The lowest BCUT2D eigenvalue weighted by Crippen LogP contribution is -2.55.